The van der Waals surface area contributed by atoms with Gasteiger partial charge in [0.05, 0.1) is 30.8 Å². The van der Waals surface area contributed by atoms with Crippen LogP contribution in [0.15, 0.2) is 42.9 Å². The van der Waals surface area contributed by atoms with Gasteiger partial charge in [0, 0.05) is 69.2 Å². The van der Waals surface area contributed by atoms with Crippen LogP contribution in [0, 0.1) is 18.6 Å². The number of nitrogens with zero attached hydrogens (tertiary/aromatic N) is 6. The van der Waals surface area contributed by atoms with E-state index in [1.165, 1.54) is 12.1 Å². The fourth-order valence-electron chi connectivity index (χ4n) is 5.02. The first kappa shape index (κ1) is 24.7. The molecule has 6 rings (SSSR count). The summed E-state index contributed by atoms with van der Waals surface area (Å²) in [5.74, 6) is 0.195. The number of anilines is 3. The molecule has 0 spiro atoms. The Balaban J connectivity index is 1.24. The van der Waals surface area contributed by atoms with E-state index in [2.05, 4.69) is 30.5 Å². The van der Waals surface area contributed by atoms with Gasteiger partial charge in [0.1, 0.15) is 23.1 Å². The average Bonchev–Trinajstić information content (AvgIpc) is 3.35. The molecule has 3 aromatic heterocycles. The molecule has 2 saturated heterocycles. The summed E-state index contributed by atoms with van der Waals surface area (Å²) in [6.07, 6.45) is 5.21. The van der Waals surface area contributed by atoms with Crippen molar-refractivity contribution in [2.24, 2.45) is 0 Å². The minimum absolute atomic E-state index is 0.0660. The normalized spacial score (nSPS) is 16.8. The van der Waals surface area contributed by atoms with Gasteiger partial charge in [-0.05, 0) is 36.8 Å². The van der Waals surface area contributed by atoms with Crippen LogP contribution in [-0.2, 0) is 11.3 Å². The third-order valence-corrected chi connectivity index (χ3v) is 7.04. The van der Waals surface area contributed by atoms with Gasteiger partial charge < -0.3 is 24.8 Å². The third-order valence-electron chi connectivity index (χ3n) is 7.04. The fourth-order valence-corrected chi connectivity index (χ4v) is 5.02. The second-order valence-corrected chi connectivity index (χ2v) is 9.66. The van der Waals surface area contributed by atoms with Gasteiger partial charge in [-0.2, -0.15) is 4.98 Å². The van der Waals surface area contributed by atoms with Gasteiger partial charge >= 0.3 is 0 Å². The Morgan fingerprint density at radius 1 is 1.00 bits per heavy atom. The minimum atomic E-state index is -0.577. The van der Waals surface area contributed by atoms with Crippen LogP contribution in [0.1, 0.15) is 11.1 Å². The number of nitrogens with one attached hydrogen (secondary N) is 2. The van der Waals surface area contributed by atoms with Crippen LogP contribution in [0.2, 0.25) is 0 Å². The molecule has 5 heterocycles. The molecule has 0 bridgehead atoms. The maximum atomic E-state index is 15.1. The van der Waals surface area contributed by atoms with Gasteiger partial charge in [0.2, 0.25) is 5.95 Å². The van der Waals surface area contributed by atoms with Gasteiger partial charge in [-0.3, -0.25) is 4.90 Å². The number of aryl methyl sites for hydroxylation is 1. The summed E-state index contributed by atoms with van der Waals surface area (Å²) in [4.78, 5) is 18.0. The van der Waals surface area contributed by atoms with E-state index < -0.39 is 11.6 Å². The zero-order chi connectivity index (χ0) is 26.1. The van der Waals surface area contributed by atoms with Crippen molar-refractivity contribution in [3.05, 3.63) is 65.6 Å². The summed E-state index contributed by atoms with van der Waals surface area (Å²) in [6.45, 7) is 8.44. The molecule has 198 valence electrons. The molecule has 9 nitrogen and oxygen atoms in total. The van der Waals surface area contributed by atoms with Gasteiger partial charge in [0.25, 0.3) is 0 Å². The highest BCUT2D eigenvalue weighted by Gasteiger charge is 2.19. The second kappa shape index (κ2) is 10.6. The highest BCUT2D eigenvalue weighted by Crippen LogP contribution is 2.26. The van der Waals surface area contributed by atoms with Gasteiger partial charge in [-0.1, -0.05) is 0 Å². The second-order valence-electron chi connectivity index (χ2n) is 9.66. The number of hydrogen-bond acceptors (Lipinski definition) is 8. The van der Waals surface area contributed by atoms with E-state index in [9.17, 15) is 0 Å². The van der Waals surface area contributed by atoms with Gasteiger partial charge in [0.15, 0.2) is 0 Å². The van der Waals surface area contributed by atoms with Crippen molar-refractivity contribution in [3.8, 4) is 5.69 Å². The lowest BCUT2D eigenvalue weighted by Crippen LogP contribution is -2.44. The van der Waals surface area contributed by atoms with Crippen molar-refractivity contribution < 1.29 is 13.5 Å². The zero-order valence-corrected chi connectivity index (χ0v) is 21.3. The van der Waals surface area contributed by atoms with E-state index in [1.54, 1.807) is 23.2 Å². The summed E-state index contributed by atoms with van der Waals surface area (Å²) in [7, 11) is 0. The number of benzene rings is 1. The van der Waals surface area contributed by atoms with Crippen LogP contribution in [0.4, 0.5) is 26.2 Å². The Labute approximate surface area is 219 Å². The molecular formula is C27H30F2N8O. The highest BCUT2D eigenvalue weighted by molar-refractivity contribution is 5.79. The topological polar surface area (TPSA) is 83.4 Å². The fraction of sp³-hybridized carbons (Fsp3) is 0.370. The molecular weight excluding hydrogens is 490 g/mol. The Bertz CT molecular complexity index is 1420. The van der Waals surface area contributed by atoms with Crippen molar-refractivity contribution in [2.75, 3.05) is 62.7 Å². The predicted octanol–water partition coefficient (Wildman–Crippen LogP) is 3.39. The predicted molar refractivity (Wildman–Crippen MR) is 142 cm³/mol. The number of fused-ring (bicyclic) bond motifs is 1. The molecule has 1 aromatic carbocycles. The average molecular weight is 521 g/mol. The number of morpholine rings is 1. The van der Waals surface area contributed by atoms with Crippen molar-refractivity contribution >= 4 is 28.5 Å². The minimum Gasteiger partial charge on any atom is -0.379 e. The third kappa shape index (κ3) is 5.04. The van der Waals surface area contributed by atoms with Crippen LogP contribution in [0.25, 0.3) is 16.7 Å². The Morgan fingerprint density at radius 3 is 2.50 bits per heavy atom. The smallest absolute Gasteiger partial charge is 0.229 e. The first-order chi connectivity index (χ1) is 18.5. The molecule has 0 aliphatic carbocycles. The Kier molecular flexibility index (Phi) is 6.88. The maximum Gasteiger partial charge on any atom is 0.229 e. The van der Waals surface area contributed by atoms with E-state index in [-0.39, 0.29) is 12.1 Å². The van der Waals surface area contributed by atoms with E-state index in [0.29, 0.717) is 43.6 Å². The lowest BCUT2D eigenvalue weighted by Gasteiger charge is -2.29. The van der Waals surface area contributed by atoms with E-state index in [1.807, 2.05) is 24.0 Å². The van der Waals surface area contributed by atoms with E-state index in [4.69, 9.17) is 4.74 Å². The lowest BCUT2D eigenvalue weighted by atomic mass is 10.1. The van der Waals surface area contributed by atoms with Crippen LogP contribution >= 0.6 is 0 Å². The molecule has 0 amide bonds. The molecule has 0 atom stereocenters. The Hall–Kier alpha value is -3.67. The Morgan fingerprint density at radius 2 is 1.76 bits per heavy atom. The molecule has 4 aromatic rings. The number of pyridine rings is 1. The zero-order valence-electron chi connectivity index (χ0n) is 21.3. The van der Waals surface area contributed by atoms with Crippen molar-refractivity contribution in [1.82, 2.24) is 29.7 Å². The first-order valence-electron chi connectivity index (χ1n) is 12.9. The first-order valence-corrected chi connectivity index (χ1v) is 12.9. The van der Waals surface area contributed by atoms with Gasteiger partial charge in [-0.15, -0.1) is 0 Å². The summed E-state index contributed by atoms with van der Waals surface area (Å²) >= 11 is 0. The molecule has 38 heavy (non-hydrogen) atoms. The number of rotatable bonds is 6. The number of hydrogen-bond donors (Lipinski definition) is 2. The molecule has 2 aliphatic rings. The SMILES string of the molecule is Cc1cc(Nc2ncc3ccn(-c4cc(F)c(CN5CCOCC5)c(F)c4)c3n2)cnc1N1CCNCC1. The molecule has 2 aliphatic heterocycles. The molecule has 2 fully saturated rings. The maximum absolute atomic E-state index is 15.1. The molecule has 11 heteroatoms. The summed E-state index contributed by atoms with van der Waals surface area (Å²) in [5.41, 5.74) is 2.80. The molecule has 0 saturated carbocycles. The van der Waals surface area contributed by atoms with Gasteiger partial charge in [-0.25, -0.2) is 18.7 Å². The lowest BCUT2D eigenvalue weighted by molar-refractivity contribution is 0.0332. The largest absolute Gasteiger partial charge is 0.379 e. The van der Waals surface area contributed by atoms with Crippen LogP contribution in [0.3, 0.4) is 0 Å². The number of piperazine rings is 1. The summed E-state index contributed by atoms with van der Waals surface area (Å²) < 4.78 is 37.1. The quantitative estimate of drug-likeness (QED) is 0.401. The van der Waals surface area contributed by atoms with Crippen LogP contribution < -0.4 is 15.5 Å². The van der Waals surface area contributed by atoms with Crippen LogP contribution in [-0.4, -0.2) is 76.9 Å². The molecule has 0 radical (unpaired) electrons. The number of aromatic nitrogens is 4. The van der Waals surface area contributed by atoms with E-state index >= 15 is 8.78 Å². The standard InChI is InChI=1S/C27H30F2N8O/c1-18-12-20(16-31-25(18)36-6-3-30-4-7-36)33-27-32-15-19-2-5-37(26(19)34-27)21-13-23(28)22(24(29)14-21)17-35-8-10-38-11-9-35/h2,5,12-16,30H,3-4,6-11,17H2,1H3,(H,32,33,34). The number of halogens is 2. The van der Waals surface area contributed by atoms with Crippen LogP contribution in [0.5, 0.6) is 0 Å². The molecule has 0 unspecified atom stereocenters. The van der Waals surface area contributed by atoms with Crippen molar-refractivity contribution in [3.63, 3.8) is 0 Å². The van der Waals surface area contributed by atoms with Crippen molar-refractivity contribution in [1.29, 1.82) is 0 Å². The van der Waals surface area contributed by atoms with E-state index in [0.717, 1.165) is 48.6 Å². The monoisotopic (exact) mass is 520 g/mol. The number of ether oxygens (including phenoxy) is 1. The van der Waals surface area contributed by atoms with Crippen molar-refractivity contribution in [2.45, 2.75) is 13.5 Å². The highest BCUT2D eigenvalue weighted by atomic mass is 19.1. The molecule has 2 N–H and O–H groups in total. The summed E-state index contributed by atoms with van der Waals surface area (Å²) in [6, 6.07) is 6.56. The summed E-state index contributed by atoms with van der Waals surface area (Å²) in [5, 5.41) is 7.34.